The Labute approximate surface area is 96.6 Å². The number of aliphatic hydroxyl groups is 2. The maximum absolute atomic E-state index is 11.2. The number of aliphatic hydroxyl groups excluding tert-OH is 2. The van der Waals surface area contributed by atoms with Gasteiger partial charge in [-0.25, -0.2) is 4.79 Å². The van der Waals surface area contributed by atoms with Crippen molar-refractivity contribution in [1.29, 1.82) is 5.26 Å². The molecule has 92 valence electrons. The number of nitrogens with one attached hydrogen (secondary N) is 1. The van der Waals surface area contributed by atoms with Gasteiger partial charge >= 0.3 is 5.97 Å². The van der Waals surface area contributed by atoms with Crippen LogP contribution < -0.4 is 5.73 Å². The van der Waals surface area contributed by atoms with Crippen LogP contribution in [-0.4, -0.2) is 39.1 Å². The molecule has 0 spiro atoms. The molecule has 0 aliphatic heterocycles. The summed E-state index contributed by atoms with van der Waals surface area (Å²) in [6.07, 6.45) is -3.45. The molecule has 5 N–H and O–H groups in total. The Bertz CT molecular complexity index is 450. The Hall–Kier alpha value is -2.11. The Kier molecular flexibility index (Phi) is 4.03. The lowest BCUT2D eigenvalue weighted by atomic mass is 10.1. The zero-order valence-electron chi connectivity index (χ0n) is 9.04. The molecule has 0 aliphatic carbocycles. The van der Waals surface area contributed by atoms with Crippen molar-refractivity contribution in [2.24, 2.45) is 0 Å². The predicted octanol–water partition coefficient (Wildman–Crippen LogP) is -1.18. The van der Waals surface area contributed by atoms with Crippen molar-refractivity contribution in [3.63, 3.8) is 0 Å². The van der Waals surface area contributed by atoms with Gasteiger partial charge in [0.05, 0.1) is 12.3 Å². The number of H-pyrrole nitrogens is 1. The minimum absolute atomic E-state index is 0.0683. The Balaban J connectivity index is 2.93. The molecule has 2 unspecified atom stereocenters. The third-order valence-electron chi connectivity index (χ3n) is 2.06. The molecule has 8 nitrogen and oxygen atoms in total. The van der Waals surface area contributed by atoms with Crippen molar-refractivity contribution in [1.82, 2.24) is 10.2 Å². The van der Waals surface area contributed by atoms with Crippen LogP contribution in [0.15, 0.2) is 0 Å². The van der Waals surface area contributed by atoms with Gasteiger partial charge < -0.3 is 20.7 Å². The standard InChI is InChI=1S/C9H12N4O4/c1-2-17-9(16)7(15)6(14)5-4(3-10)8(11)13-12-5/h6-7,14-15H,2H2,1H3,(H3,11,12,13). The molecule has 0 saturated heterocycles. The number of nitrogens with zero attached hydrogens (tertiary/aromatic N) is 2. The monoisotopic (exact) mass is 240 g/mol. The molecular weight excluding hydrogens is 228 g/mol. The van der Waals surface area contributed by atoms with Crippen LogP contribution in [0, 0.1) is 11.3 Å². The molecular formula is C9H12N4O4. The second-order valence-corrected chi connectivity index (χ2v) is 3.15. The van der Waals surface area contributed by atoms with E-state index in [0.29, 0.717) is 0 Å². The van der Waals surface area contributed by atoms with Crippen LogP contribution in [0.2, 0.25) is 0 Å². The van der Waals surface area contributed by atoms with E-state index in [1.54, 1.807) is 13.0 Å². The summed E-state index contributed by atoms with van der Waals surface area (Å²) in [5.41, 5.74) is 5.12. The van der Waals surface area contributed by atoms with Crippen molar-refractivity contribution in [3.05, 3.63) is 11.3 Å². The van der Waals surface area contributed by atoms with E-state index >= 15 is 0 Å². The maximum atomic E-state index is 11.2. The lowest BCUT2D eigenvalue weighted by Gasteiger charge is -2.15. The van der Waals surface area contributed by atoms with E-state index < -0.39 is 18.2 Å². The summed E-state index contributed by atoms with van der Waals surface area (Å²) in [5, 5.41) is 33.7. The number of rotatable bonds is 4. The Morgan fingerprint density at radius 1 is 1.71 bits per heavy atom. The minimum atomic E-state index is -1.80. The second-order valence-electron chi connectivity index (χ2n) is 3.15. The zero-order valence-corrected chi connectivity index (χ0v) is 9.04. The maximum Gasteiger partial charge on any atom is 0.338 e. The fourth-order valence-corrected chi connectivity index (χ4v) is 1.22. The first-order valence-electron chi connectivity index (χ1n) is 4.79. The van der Waals surface area contributed by atoms with Gasteiger partial charge in [0.2, 0.25) is 0 Å². The van der Waals surface area contributed by atoms with Gasteiger partial charge in [0, 0.05) is 0 Å². The molecule has 1 heterocycles. The molecule has 0 bridgehead atoms. The van der Waals surface area contributed by atoms with Crippen LogP contribution in [0.25, 0.3) is 0 Å². The number of nitrogens with two attached hydrogens (primary N) is 1. The lowest BCUT2D eigenvalue weighted by molar-refractivity contribution is -0.159. The number of anilines is 1. The van der Waals surface area contributed by atoms with Crippen LogP contribution in [0.5, 0.6) is 0 Å². The van der Waals surface area contributed by atoms with Crippen molar-refractivity contribution < 1.29 is 19.7 Å². The molecule has 1 aromatic rings. The number of esters is 1. The van der Waals surface area contributed by atoms with E-state index in [0.717, 1.165) is 0 Å². The Morgan fingerprint density at radius 2 is 2.35 bits per heavy atom. The van der Waals surface area contributed by atoms with Gasteiger partial charge in [-0.1, -0.05) is 0 Å². The summed E-state index contributed by atoms with van der Waals surface area (Å²) in [6.45, 7) is 1.63. The lowest BCUT2D eigenvalue weighted by Crippen LogP contribution is -2.30. The number of ether oxygens (including phenoxy) is 1. The number of nitrogen functional groups attached to an aromatic ring is 1. The summed E-state index contributed by atoms with van der Waals surface area (Å²) < 4.78 is 4.53. The number of hydrogen-bond donors (Lipinski definition) is 4. The highest BCUT2D eigenvalue weighted by Gasteiger charge is 2.31. The molecule has 2 atom stereocenters. The fourth-order valence-electron chi connectivity index (χ4n) is 1.22. The molecule has 8 heteroatoms. The predicted molar refractivity (Wildman–Crippen MR) is 55.3 cm³/mol. The summed E-state index contributed by atoms with van der Waals surface area (Å²) in [7, 11) is 0. The van der Waals surface area contributed by atoms with Gasteiger partial charge in [-0.05, 0) is 6.92 Å². The summed E-state index contributed by atoms with van der Waals surface area (Å²) in [6, 6.07) is 1.71. The smallest absolute Gasteiger partial charge is 0.338 e. The summed E-state index contributed by atoms with van der Waals surface area (Å²) >= 11 is 0. The van der Waals surface area contributed by atoms with Crippen molar-refractivity contribution in [2.75, 3.05) is 12.3 Å². The van der Waals surface area contributed by atoms with E-state index in [4.69, 9.17) is 11.0 Å². The highest BCUT2D eigenvalue weighted by atomic mass is 16.5. The van der Waals surface area contributed by atoms with E-state index in [2.05, 4.69) is 14.9 Å². The zero-order chi connectivity index (χ0) is 13.0. The molecule has 17 heavy (non-hydrogen) atoms. The number of carbonyl (C=O) groups is 1. The van der Waals surface area contributed by atoms with E-state index in [1.807, 2.05) is 0 Å². The van der Waals surface area contributed by atoms with Gasteiger partial charge in [-0.3, -0.25) is 5.10 Å². The van der Waals surface area contributed by atoms with Crippen LogP contribution in [0.4, 0.5) is 5.82 Å². The highest BCUT2D eigenvalue weighted by molar-refractivity contribution is 5.75. The van der Waals surface area contributed by atoms with Gasteiger partial charge in [0.25, 0.3) is 0 Å². The minimum Gasteiger partial charge on any atom is -0.464 e. The van der Waals surface area contributed by atoms with Gasteiger partial charge in [0.1, 0.15) is 17.7 Å². The topological polar surface area (TPSA) is 145 Å². The van der Waals surface area contributed by atoms with Crippen LogP contribution >= 0.6 is 0 Å². The van der Waals surface area contributed by atoms with Crippen LogP contribution in [-0.2, 0) is 9.53 Å². The molecule has 1 rings (SSSR count). The molecule has 0 radical (unpaired) electrons. The average molecular weight is 240 g/mol. The molecule has 0 saturated carbocycles. The first kappa shape index (κ1) is 13.0. The largest absolute Gasteiger partial charge is 0.464 e. The van der Waals surface area contributed by atoms with Gasteiger partial charge in [-0.2, -0.15) is 10.4 Å². The van der Waals surface area contributed by atoms with Crippen molar-refractivity contribution >= 4 is 11.8 Å². The average Bonchev–Trinajstić information content (AvgIpc) is 2.68. The Morgan fingerprint density at radius 3 is 2.88 bits per heavy atom. The number of hydrogen-bond acceptors (Lipinski definition) is 7. The summed E-state index contributed by atoms with van der Waals surface area (Å²) in [4.78, 5) is 11.2. The molecule has 0 aromatic carbocycles. The number of aromatic nitrogens is 2. The normalized spacial score (nSPS) is 13.8. The fraction of sp³-hybridized carbons (Fsp3) is 0.444. The van der Waals surface area contributed by atoms with E-state index in [9.17, 15) is 15.0 Å². The first-order chi connectivity index (χ1) is 8.02. The second kappa shape index (κ2) is 5.29. The van der Waals surface area contributed by atoms with Crippen LogP contribution in [0.3, 0.4) is 0 Å². The third-order valence-corrected chi connectivity index (χ3v) is 2.06. The highest BCUT2D eigenvalue weighted by Crippen LogP contribution is 2.22. The number of aromatic amines is 1. The number of carbonyl (C=O) groups excluding carboxylic acids is 1. The molecule has 0 amide bonds. The van der Waals surface area contributed by atoms with E-state index in [1.165, 1.54) is 0 Å². The van der Waals surface area contributed by atoms with E-state index in [-0.39, 0.29) is 23.7 Å². The van der Waals surface area contributed by atoms with Crippen molar-refractivity contribution in [3.8, 4) is 6.07 Å². The third kappa shape index (κ3) is 2.52. The molecule has 1 aromatic heterocycles. The SMILES string of the molecule is CCOC(=O)C(O)C(O)c1[nH]nc(N)c1C#N. The quantitative estimate of drug-likeness (QED) is 0.484. The van der Waals surface area contributed by atoms with Gasteiger partial charge in [-0.15, -0.1) is 0 Å². The molecule has 0 fully saturated rings. The first-order valence-corrected chi connectivity index (χ1v) is 4.79. The van der Waals surface area contributed by atoms with Crippen LogP contribution in [0.1, 0.15) is 24.3 Å². The van der Waals surface area contributed by atoms with Gasteiger partial charge in [0.15, 0.2) is 11.9 Å². The van der Waals surface area contributed by atoms with Crippen molar-refractivity contribution in [2.45, 2.75) is 19.1 Å². The number of nitriles is 1. The molecule has 0 aliphatic rings. The summed E-state index contributed by atoms with van der Waals surface area (Å²) in [5.74, 6) is -1.10.